The van der Waals surface area contributed by atoms with E-state index in [1.165, 1.54) is 0 Å². The zero-order chi connectivity index (χ0) is 9.84. The molecule has 6 heteroatoms. The van der Waals surface area contributed by atoms with E-state index in [1.807, 2.05) is 0 Å². The lowest BCUT2D eigenvalue weighted by atomic mass is 10.3. The molecule has 0 radical (unpaired) electrons. The van der Waals surface area contributed by atoms with Gasteiger partial charge in [0.05, 0.1) is 0 Å². The average Bonchev–Trinajstić information content (AvgIpc) is 2.41. The van der Waals surface area contributed by atoms with E-state index in [9.17, 15) is 14.4 Å². The van der Waals surface area contributed by atoms with Gasteiger partial charge in [0.15, 0.2) is 0 Å². The lowest BCUT2D eigenvalue weighted by molar-refractivity contribution is -0.121. The van der Waals surface area contributed by atoms with Crippen molar-refractivity contribution in [2.45, 2.75) is 19.4 Å². The number of carbonyl (C=O) groups is 3. The van der Waals surface area contributed by atoms with Crippen molar-refractivity contribution in [3.8, 4) is 0 Å². The summed E-state index contributed by atoms with van der Waals surface area (Å²) in [4.78, 5) is 32.4. The molecule has 0 aromatic rings. The van der Waals surface area contributed by atoms with Crippen molar-refractivity contribution in [3.05, 3.63) is 0 Å². The first-order valence-electron chi connectivity index (χ1n) is 4.01. The Labute approximate surface area is 75.1 Å². The van der Waals surface area contributed by atoms with Crippen molar-refractivity contribution >= 4 is 17.8 Å². The molecule has 1 atom stereocenters. The lowest BCUT2D eigenvalue weighted by Crippen LogP contribution is -2.41. The van der Waals surface area contributed by atoms with E-state index < -0.39 is 18.0 Å². The number of imide groups is 1. The van der Waals surface area contributed by atoms with Crippen LogP contribution in [0.25, 0.3) is 0 Å². The fourth-order valence-corrected chi connectivity index (χ4v) is 0.944. The lowest BCUT2D eigenvalue weighted by Gasteiger charge is -2.07. The van der Waals surface area contributed by atoms with Crippen LogP contribution in [-0.2, 0) is 9.59 Å². The second kappa shape index (κ2) is 3.88. The van der Waals surface area contributed by atoms with Crippen molar-refractivity contribution < 1.29 is 14.4 Å². The molecule has 1 saturated heterocycles. The van der Waals surface area contributed by atoms with Crippen LogP contribution in [-0.4, -0.2) is 30.4 Å². The largest absolute Gasteiger partial charge is 0.354 e. The average molecular weight is 185 g/mol. The smallest absolute Gasteiger partial charge is 0.322 e. The third-order valence-electron chi connectivity index (χ3n) is 1.68. The highest BCUT2D eigenvalue weighted by molar-refractivity contribution is 6.04. The predicted molar refractivity (Wildman–Crippen MR) is 43.8 cm³/mol. The van der Waals surface area contributed by atoms with Crippen LogP contribution in [0.4, 0.5) is 4.79 Å². The van der Waals surface area contributed by atoms with Gasteiger partial charge >= 0.3 is 6.03 Å². The Morgan fingerprint density at radius 1 is 1.54 bits per heavy atom. The molecule has 0 bridgehead atoms. The van der Waals surface area contributed by atoms with Crippen LogP contribution in [0.5, 0.6) is 0 Å². The van der Waals surface area contributed by atoms with Crippen LogP contribution in [0.15, 0.2) is 0 Å². The first-order chi connectivity index (χ1) is 6.13. The van der Waals surface area contributed by atoms with E-state index in [0.717, 1.165) is 0 Å². The first-order valence-corrected chi connectivity index (χ1v) is 4.01. The minimum atomic E-state index is -0.636. The maximum absolute atomic E-state index is 10.9. The van der Waals surface area contributed by atoms with Gasteiger partial charge in [-0.15, -0.1) is 0 Å². The normalized spacial score (nSPS) is 20.8. The Kier molecular flexibility index (Phi) is 2.84. The Morgan fingerprint density at radius 3 is 2.69 bits per heavy atom. The van der Waals surface area contributed by atoms with Crippen LogP contribution < -0.4 is 16.0 Å². The Bertz CT molecular complexity index is 251. The van der Waals surface area contributed by atoms with E-state index in [4.69, 9.17) is 0 Å². The molecular weight excluding hydrogens is 174 g/mol. The van der Waals surface area contributed by atoms with Gasteiger partial charge in [-0.3, -0.25) is 14.9 Å². The highest BCUT2D eigenvalue weighted by Gasteiger charge is 2.29. The van der Waals surface area contributed by atoms with Crippen LogP contribution >= 0.6 is 0 Å². The molecule has 0 saturated carbocycles. The number of rotatable bonds is 3. The van der Waals surface area contributed by atoms with Gasteiger partial charge in [0.1, 0.15) is 6.04 Å². The second-order valence-electron chi connectivity index (χ2n) is 2.67. The molecule has 0 aromatic carbocycles. The number of carbonyl (C=O) groups excluding carboxylic acids is 3. The van der Waals surface area contributed by atoms with E-state index in [2.05, 4.69) is 16.0 Å². The summed E-state index contributed by atoms with van der Waals surface area (Å²) in [5.74, 6) is -0.546. The van der Waals surface area contributed by atoms with Gasteiger partial charge in [-0.1, -0.05) is 6.92 Å². The van der Waals surface area contributed by atoms with Gasteiger partial charge in [-0.2, -0.15) is 0 Å². The summed E-state index contributed by atoms with van der Waals surface area (Å²) in [7, 11) is 0. The SMILES string of the molecule is CCC(=O)NCC1NC(=O)NC1=O. The number of hydrogen-bond donors (Lipinski definition) is 3. The molecule has 6 nitrogen and oxygen atoms in total. The number of nitrogens with one attached hydrogen (secondary N) is 3. The van der Waals surface area contributed by atoms with Gasteiger partial charge in [0.2, 0.25) is 5.91 Å². The Morgan fingerprint density at radius 2 is 2.23 bits per heavy atom. The highest BCUT2D eigenvalue weighted by Crippen LogP contribution is 1.91. The van der Waals surface area contributed by atoms with Gasteiger partial charge in [-0.25, -0.2) is 4.79 Å². The summed E-state index contributed by atoms with van der Waals surface area (Å²) in [6.45, 7) is 1.85. The summed E-state index contributed by atoms with van der Waals surface area (Å²) in [5.41, 5.74) is 0. The standard InChI is InChI=1S/C7H11N3O3/c1-2-5(11)8-3-4-6(12)10-7(13)9-4/h4H,2-3H2,1H3,(H,8,11)(H2,9,10,12,13). The molecule has 1 rings (SSSR count). The minimum Gasteiger partial charge on any atom is -0.354 e. The fraction of sp³-hybridized carbons (Fsp3) is 0.571. The minimum absolute atomic E-state index is 0.143. The molecule has 0 aromatic heterocycles. The van der Waals surface area contributed by atoms with Crippen LogP contribution in [0, 0.1) is 0 Å². The number of hydrogen-bond acceptors (Lipinski definition) is 3. The summed E-state index contributed by atoms with van der Waals surface area (Å²) in [6.07, 6.45) is 0.363. The summed E-state index contributed by atoms with van der Waals surface area (Å²) in [6, 6.07) is -1.15. The molecule has 1 aliphatic rings. The molecule has 72 valence electrons. The molecular formula is C7H11N3O3. The van der Waals surface area contributed by atoms with Gasteiger partial charge < -0.3 is 10.6 Å². The zero-order valence-electron chi connectivity index (χ0n) is 7.22. The monoisotopic (exact) mass is 185 g/mol. The van der Waals surface area contributed by atoms with E-state index >= 15 is 0 Å². The van der Waals surface area contributed by atoms with Crippen molar-refractivity contribution in [2.75, 3.05) is 6.54 Å². The molecule has 4 amide bonds. The molecule has 1 aliphatic heterocycles. The first kappa shape index (κ1) is 9.50. The number of urea groups is 1. The highest BCUT2D eigenvalue weighted by atomic mass is 16.2. The Balaban J connectivity index is 2.33. The van der Waals surface area contributed by atoms with Crippen LogP contribution in [0.2, 0.25) is 0 Å². The van der Waals surface area contributed by atoms with Crippen LogP contribution in [0.1, 0.15) is 13.3 Å². The van der Waals surface area contributed by atoms with Crippen LogP contribution in [0.3, 0.4) is 0 Å². The molecule has 1 fully saturated rings. The van der Waals surface area contributed by atoms with E-state index in [-0.39, 0.29) is 12.5 Å². The van der Waals surface area contributed by atoms with E-state index in [1.54, 1.807) is 6.92 Å². The van der Waals surface area contributed by atoms with Crippen molar-refractivity contribution in [2.24, 2.45) is 0 Å². The van der Waals surface area contributed by atoms with Gasteiger partial charge in [0.25, 0.3) is 5.91 Å². The molecule has 0 spiro atoms. The van der Waals surface area contributed by atoms with Crippen molar-refractivity contribution in [1.82, 2.24) is 16.0 Å². The maximum Gasteiger partial charge on any atom is 0.322 e. The fourth-order valence-electron chi connectivity index (χ4n) is 0.944. The second-order valence-corrected chi connectivity index (χ2v) is 2.67. The summed E-state index contributed by atoms with van der Waals surface area (Å²) >= 11 is 0. The maximum atomic E-state index is 10.9. The Hall–Kier alpha value is -1.59. The molecule has 3 N–H and O–H groups in total. The molecule has 13 heavy (non-hydrogen) atoms. The zero-order valence-corrected chi connectivity index (χ0v) is 7.22. The van der Waals surface area contributed by atoms with E-state index in [0.29, 0.717) is 6.42 Å². The predicted octanol–water partition coefficient (Wildman–Crippen LogP) is -1.28. The third-order valence-corrected chi connectivity index (χ3v) is 1.68. The quantitative estimate of drug-likeness (QED) is 0.478. The van der Waals surface area contributed by atoms with Crippen molar-refractivity contribution in [3.63, 3.8) is 0 Å². The number of amides is 4. The van der Waals surface area contributed by atoms with Gasteiger partial charge in [0, 0.05) is 13.0 Å². The summed E-state index contributed by atoms with van der Waals surface area (Å²) < 4.78 is 0. The molecule has 1 unspecified atom stereocenters. The molecule has 0 aliphatic carbocycles. The van der Waals surface area contributed by atoms with Gasteiger partial charge in [-0.05, 0) is 0 Å². The third kappa shape index (κ3) is 2.43. The summed E-state index contributed by atoms with van der Waals surface area (Å²) in [5, 5.41) is 6.95. The topological polar surface area (TPSA) is 87.3 Å². The molecule has 1 heterocycles. The van der Waals surface area contributed by atoms with Crippen molar-refractivity contribution in [1.29, 1.82) is 0 Å².